The molecule has 5 heteroatoms. The van der Waals surface area contributed by atoms with Crippen molar-refractivity contribution in [2.24, 2.45) is 0 Å². The first-order valence-electron chi connectivity index (χ1n) is 8.45. The molecule has 0 spiro atoms. The van der Waals surface area contributed by atoms with E-state index in [1.165, 1.54) is 25.7 Å². The average Bonchev–Trinajstić information content (AvgIpc) is 2.51. The lowest BCUT2D eigenvalue weighted by atomic mass is 10.0. The topological polar surface area (TPSA) is 70.0 Å². The molecule has 23 heavy (non-hydrogen) atoms. The van der Waals surface area contributed by atoms with Crippen LogP contribution in [-0.2, 0) is 10.0 Å². The summed E-state index contributed by atoms with van der Waals surface area (Å²) in [5, 5.41) is 8.93. The van der Waals surface area contributed by atoms with E-state index in [4.69, 9.17) is 5.26 Å². The van der Waals surface area contributed by atoms with E-state index in [1.807, 2.05) is 6.92 Å². The molecule has 1 aromatic rings. The summed E-state index contributed by atoms with van der Waals surface area (Å²) in [6.07, 6.45) is 7.84. The van der Waals surface area contributed by atoms with E-state index in [0.717, 1.165) is 18.4 Å². The molecular formula is C18H28N2O2S. The van der Waals surface area contributed by atoms with Gasteiger partial charge < -0.3 is 0 Å². The Bertz CT molecular complexity index is 588. The molecule has 128 valence electrons. The lowest BCUT2D eigenvalue weighted by Crippen LogP contribution is -2.34. The number of nitrogens with zero attached hydrogens (tertiary/aromatic N) is 1. The molecule has 0 saturated heterocycles. The number of benzene rings is 1. The summed E-state index contributed by atoms with van der Waals surface area (Å²) in [4.78, 5) is 0.258. The van der Waals surface area contributed by atoms with E-state index in [-0.39, 0.29) is 17.4 Å². The van der Waals surface area contributed by atoms with Crippen molar-refractivity contribution >= 4 is 10.0 Å². The summed E-state index contributed by atoms with van der Waals surface area (Å²) < 4.78 is 27.4. The number of hydrogen-bond donors (Lipinski definition) is 1. The predicted octanol–water partition coefficient (Wildman–Crippen LogP) is 4.31. The third-order valence-corrected chi connectivity index (χ3v) is 5.43. The number of sulfonamides is 1. The van der Waals surface area contributed by atoms with Gasteiger partial charge in [-0.15, -0.1) is 0 Å². The van der Waals surface area contributed by atoms with Crippen molar-refractivity contribution in [3.8, 4) is 6.07 Å². The van der Waals surface area contributed by atoms with Crippen molar-refractivity contribution in [2.45, 2.75) is 76.2 Å². The molecule has 0 amide bonds. The van der Waals surface area contributed by atoms with E-state index < -0.39 is 10.0 Å². The quantitative estimate of drug-likeness (QED) is 0.612. The normalized spacial score (nSPS) is 12.7. The maximum absolute atomic E-state index is 12.4. The van der Waals surface area contributed by atoms with E-state index in [1.54, 1.807) is 24.3 Å². The number of hydrogen-bond acceptors (Lipinski definition) is 3. The van der Waals surface area contributed by atoms with Gasteiger partial charge in [0.25, 0.3) is 0 Å². The van der Waals surface area contributed by atoms with E-state index in [9.17, 15) is 8.42 Å². The van der Waals surface area contributed by atoms with Crippen molar-refractivity contribution in [3.05, 3.63) is 29.8 Å². The van der Waals surface area contributed by atoms with Gasteiger partial charge >= 0.3 is 0 Å². The fourth-order valence-electron chi connectivity index (χ4n) is 2.49. The molecule has 0 heterocycles. The van der Waals surface area contributed by atoms with Crippen LogP contribution in [0.5, 0.6) is 0 Å². The molecule has 0 aliphatic rings. The number of aryl methyl sites for hydroxylation is 1. The maximum atomic E-state index is 12.4. The monoisotopic (exact) mass is 336 g/mol. The molecule has 1 unspecified atom stereocenters. The highest BCUT2D eigenvalue weighted by atomic mass is 32.2. The van der Waals surface area contributed by atoms with Crippen molar-refractivity contribution in [1.82, 2.24) is 4.72 Å². The second kappa shape index (κ2) is 10.4. The molecule has 0 radical (unpaired) electrons. The van der Waals surface area contributed by atoms with Crippen molar-refractivity contribution in [1.29, 1.82) is 5.26 Å². The Labute approximate surface area is 141 Å². The van der Waals surface area contributed by atoms with Crippen molar-refractivity contribution in [3.63, 3.8) is 0 Å². The lowest BCUT2D eigenvalue weighted by molar-refractivity contribution is 0.499. The summed E-state index contributed by atoms with van der Waals surface area (Å²) in [6, 6.07) is 8.54. The molecule has 4 nitrogen and oxygen atoms in total. The highest BCUT2D eigenvalue weighted by molar-refractivity contribution is 7.89. The summed E-state index contributed by atoms with van der Waals surface area (Å²) in [7, 11) is -3.55. The van der Waals surface area contributed by atoms with E-state index >= 15 is 0 Å². The van der Waals surface area contributed by atoms with E-state index in [2.05, 4.69) is 17.7 Å². The first-order valence-corrected chi connectivity index (χ1v) is 9.94. The van der Waals surface area contributed by atoms with Crippen LogP contribution in [0.2, 0.25) is 0 Å². The van der Waals surface area contributed by atoms with Gasteiger partial charge in [0.05, 0.1) is 17.4 Å². The molecule has 1 aromatic carbocycles. The van der Waals surface area contributed by atoms with Crippen LogP contribution in [0.1, 0.15) is 63.9 Å². The second-order valence-electron chi connectivity index (χ2n) is 6.05. The minimum absolute atomic E-state index is 0.208. The zero-order valence-electron chi connectivity index (χ0n) is 14.2. The Morgan fingerprint density at radius 3 is 2.30 bits per heavy atom. The molecule has 0 bridgehead atoms. The third-order valence-electron chi connectivity index (χ3n) is 3.90. The standard InChI is InChI=1S/C18H28N2O2S/c1-3-4-5-6-7-8-9-17(14-15-19)20-23(21,22)18-12-10-16(2)11-13-18/h10-13,17,20H,3-9,14H2,1-2H3. The van der Waals surface area contributed by atoms with Gasteiger partial charge in [0, 0.05) is 6.04 Å². The maximum Gasteiger partial charge on any atom is 0.240 e. The molecule has 0 aliphatic heterocycles. The fraction of sp³-hybridized carbons (Fsp3) is 0.611. The van der Waals surface area contributed by atoms with Gasteiger partial charge in [-0.25, -0.2) is 13.1 Å². The van der Waals surface area contributed by atoms with Crippen molar-refractivity contribution in [2.75, 3.05) is 0 Å². The Hall–Kier alpha value is -1.38. The summed E-state index contributed by atoms with van der Waals surface area (Å²) in [5.41, 5.74) is 1.02. The second-order valence-corrected chi connectivity index (χ2v) is 7.76. The number of unbranched alkanes of at least 4 members (excludes halogenated alkanes) is 5. The molecule has 1 N–H and O–H groups in total. The largest absolute Gasteiger partial charge is 0.240 e. The lowest BCUT2D eigenvalue weighted by Gasteiger charge is -2.16. The van der Waals surface area contributed by atoms with Gasteiger partial charge in [0.2, 0.25) is 10.0 Å². The first-order chi connectivity index (χ1) is 11.0. The summed E-state index contributed by atoms with van der Waals surface area (Å²) >= 11 is 0. The Kier molecular flexibility index (Phi) is 8.90. The van der Waals surface area contributed by atoms with Gasteiger partial charge in [-0.05, 0) is 25.5 Å². The zero-order chi connectivity index (χ0) is 17.1. The highest BCUT2D eigenvalue weighted by Crippen LogP contribution is 2.14. The molecule has 0 aliphatic carbocycles. The molecule has 1 atom stereocenters. The van der Waals surface area contributed by atoms with Gasteiger partial charge in [0.15, 0.2) is 0 Å². The van der Waals surface area contributed by atoms with Gasteiger partial charge in [-0.3, -0.25) is 0 Å². The SMILES string of the molecule is CCCCCCCCC(CC#N)NS(=O)(=O)c1ccc(C)cc1. The van der Waals surface area contributed by atoms with Crippen LogP contribution in [-0.4, -0.2) is 14.5 Å². The van der Waals surface area contributed by atoms with Crippen LogP contribution in [0.4, 0.5) is 0 Å². The Morgan fingerprint density at radius 2 is 1.70 bits per heavy atom. The zero-order valence-corrected chi connectivity index (χ0v) is 15.0. The van der Waals surface area contributed by atoms with Crippen molar-refractivity contribution < 1.29 is 8.42 Å². The van der Waals surface area contributed by atoms with Crippen LogP contribution in [0.15, 0.2) is 29.2 Å². The molecule has 0 saturated carbocycles. The molecule has 0 fully saturated rings. The molecule has 0 aromatic heterocycles. The van der Waals surface area contributed by atoms with E-state index in [0.29, 0.717) is 6.42 Å². The molecular weight excluding hydrogens is 308 g/mol. The highest BCUT2D eigenvalue weighted by Gasteiger charge is 2.19. The summed E-state index contributed by atoms with van der Waals surface area (Å²) in [5.74, 6) is 0. The fourth-order valence-corrected chi connectivity index (χ4v) is 3.76. The first kappa shape index (κ1) is 19.7. The minimum atomic E-state index is -3.55. The minimum Gasteiger partial charge on any atom is -0.207 e. The Morgan fingerprint density at radius 1 is 1.09 bits per heavy atom. The average molecular weight is 337 g/mol. The summed E-state index contributed by atoms with van der Waals surface area (Å²) in [6.45, 7) is 4.10. The van der Waals surface area contributed by atoms with Crippen LogP contribution >= 0.6 is 0 Å². The van der Waals surface area contributed by atoms with Crippen LogP contribution in [0.3, 0.4) is 0 Å². The number of nitriles is 1. The van der Waals surface area contributed by atoms with Gasteiger partial charge in [-0.1, -0.05) is 63.1 Å². The number of rotatable bonds is 11. The van der Waals surface area contributed by atoms with Gasteiger partial charge in [-0.2, -0.15) is 5.26 Å². The van der Waals surface area contributed by atoms with Crippen LogP contribution < -0.4 is 4.72 Å². The predicted molar refractivity (Wildman–Crippen MR) is 93.5 cm³/mol. The Balaban J connectivity index is 2.54. The van der Waals surface area contributed by atoms with Crippen LogP contribution in [0.25, 0.3) is 0 Å². The smallest absolute Gasteiger partial charge is 0.207 e. The third kappa shape index (κ3) is 7.62. The van der Waals surface area contributed by atoms with Gasteiger partial charge in [0.1, 0.15) is 0 Å². The molecule has 1 rings (SSSR count). The van der Waals surface area contributed by atoms with Crippen LogP contribution in [0, 0.1) is 18.3 Å². The number of nitrogens with one attached hydrogen (secondary N) is 1.